The van der Waals surface area contributed by atoms with Gasteiger partial charge in [-0.2, -0.15) is 0 Å². The second-order valence-electron chi connectivity index (χ2n) is 1.16. The van der Waals surface area contributed by atoms with Gasteiger partial charge in [-0.25, -0.2) is 9.97 Å². The molecule has 0 saturated carbocycles. The van der Waals surface area contributed by atoms with Crippen molar-refractivity contribution in [1.82, 2.24) is 9.97 Å². The van der Waals surface area contributed by atoms with Gasteiger partial charge in [0.25, 0.3) is 0 Å². The van der Waals surface area contributed by atoms with Crippen molar-refractivity contribution in [3.63, 3.8) is 0 Å². The van der Waals surface area contributed by atoms with Gasteiger partial charge in [-0.15, -0.1) is 0 Å². The average Bonchev–Trinajstić information content (AvgIpc) is 1.64. The third-order valence-electron chi connectivity index (χ3n) is 0.601. The van der Waals surface area contributed by atoms with Gasteiger partial charge in [0.05, 0.1) is 0 Å². The summed E-state index contributed by atoms with van der Waals surface area (Å²) < 4.78 is 0. The van der Waals surface area contributed by atoms with Crippen molar-refractivity contribution in [1.29, 1.82) is 0 Å². The first-order valence-electron chi connectivity index (χ1n) is 1.94. The van der Waals surface area contributed by atoms with E-state index in [0.29, 0.717) is 0 Å². The maximum Gasteiger partial charge on any atom is 1.00 e. The van der Waals surface area contributed by atoms with Crippen molar-refractivity contribution in [2.24, 2.45) is 0 Å². The van der Waals surface area contributed by atoms with Gasteiger partial charge in [-0.1, -0.05) is 0 Å². The van der Waals surface area contributed by atoms with Crippen LogP contribution in [0.2, 0.25) is 5.28 Å². The van der Waals surface area contributed by atoms with Gasteiger partial charge in [0.2, 0.25) is 5.28 Å². The number of hydrogen-bond donors (Lipinski definition) is 0. The smallest absolute Gasteiger partial charge is 0.858 e. The molecule has 0 aliphatic heterocycles. The third-order valence-corrected chi connectivity index (χ3v) is 0.783. The summed E-state index contributed by atoms with van der Waals surface area (Å²) in [5, 5.41) is 10.3. The van der Waals surface area contributed by atoms with E-state index in [1.807, 2.05) is 0 Å². The molecule has 1 aromatic rings. The molecular weight excluding hydrogens is 150 g/mol. The van der Waals surface area contributed by atoms with Crippen LogP contribution in [0.4, 0.5) is 0 Å². The van der Waals surface area contributed by atoms with Crippen molar-refractivity contribution < 1.29 is 34.7 Å². The zero-order valence-corrected chi connectivity index (χ0v) is 7.59. The normalized spacial score (nSPS) is 8.11. The fraction of sp³-hybridized carbons (Fsp3) is 0. The number of hydrogen-bond acceptors (Lipinski definition) is 3. The third kappa shape index (κ3) is 3.01. The van der Waals surface area contributed by atoms with E-state index in [-0.39, 0.29) is 40.7 Å². The van der Waals surface area contributed by atoms with Crippen LogP contribution in [-0.4, -0.2) is 9.97 Å². The molecule has 0 spiro atoms. The van der Waals surface area contributed by atoms with E-state index in [0.717, 1.165) is 0 Å². The van der Waals surface area contributed by atoms with Gasteiger partial charge in [0, 0.05) is 6.20 Å². The number of aromatic nitrogens is 2. The zero-order chi connectivity index (χ0) is 5.98. The summed E-state index contributed by atoms with van der Waals surface area (Å²) in [4.78, 5) is 6.77. The molecule has 9 heavy (non-hydrogen) atoms. The average molecular weight is 153 g/mol. The van der Waals surface area contributed by atoms with E-state index in [1.54, 1.807) is 0 Å². The van der Waals surface area contributed by atoms with E-state index in [4.69, 9.17) is 11.6 Å². The van der Waals surface area contributed by atoms with Crippen LogP contribution in [0.5, 0.6) is 5.88 Å². The quantitative estimate of drug-likeness (QED) is 0.298. The van der Waals surface area contributed by atoms with Gasteiger partial charge in [0.15, 0.2) is 0 Å². The second-order valence-corrected chi connectivity index (χ2v) is 1.50. The fourth-order valence-electron chi connectivity index (χ4n) is 0.320. The van der Waals surface area contributed by atoms with Crippen molar-refractivity contribution in [2.75, 3.05) is 0 Å². The maximum absolute atomic E-state index is 10.3. The van der Waals surface area contributed by atoms with Gasteiger partial charge < -0.3 is 5.11 Å². The van der Waals surface area contributed by atoms with E-state index >= 15 is 0 Å². The van der Waals surface area contributed by atoms with Crippen LogP contribution < -0.4 is 34.7 Å². The van der Waals surface area contributed by atoms with Crippen LogP contribution in [0.25, 0.3) is 0 Å². The SMILES string of the molecule is [Na+].[O-]c1ccnc(Cl)n1. The molecule has 42 valence electrons. The summed E-state index contributed by atoms with van der Waals surface area (Å²) in [5.74, 6) is -0.356. The summed E-state index contributed by atoms with van der Waals surface area (Å²) in [6.45, 7) is 0. The molecule has 5 heteroatoms. The topological polar surface area (TPSA) is 48.8 Å². The van der Waals surface area contributed by atoms with E-state index in [9.17, 15) is 5.11 Å². The van der Waals surface area contributed by atoms with E-state index in [1.165, 1.54) is 12.3 Å². The Labute approximate surface area is 79.4 Å². The molecule has 0 unspecified atom stereocenters. The molecule has 0 amide bonds. The molecule has 0 radical (unpaired) electrons. The van der Waals surface area contributed by atoms with Crippen molar-refractivity contribution in [3.05, 3.63) is 17.5 Å². The van der Waals surface area contributed by atoms with Crippen LogP contribution in [0.15, 0.2) is 12.3 Å². The van der Waals surface area contributed by atoms with Crippen molar-refractivity contribution >= 4 is 11.6 Å². The van der Waals surface area contributed by atoms with Gasteiger partial charge in [-0.05, 0) is 23.5 Å². The standard InChI is InChI=1S/C4H3ClN2O.Na/c5-4-6-2-1-3(8)7-4;/h1-2H,(H,6,7,8);/q;+1/p-1. The van der Waals surface area contributed by atoms with Crippen LogP contribution >= 0.6 is 11.6 Å². The fourth-order valence-corrected chi connectivity index (χ4v) is 0.459. The first-order chi connectivity index (χ1) is 3.79. The summed E-state index contributed by atoms with van der Waals surface area (Å²) in [6, 6.07) is 1.24. The summed E-state index contributed by atoms with van der Waals surface area (Å²) in [7, 11) is 0. The molecule has 1 aromatic heterocycles. The van der Waals surface area contributed by atoms with Gasteiger partial charge in [-0.3, -0.25) is 0 Å². The molecule has 3 nitrogen and oxygen atoms in total. The Balaban J connectivity index is 0.000000640. The Morgan fingerprint density at radius 2 is 2.22 bits per heavy atom. The molecule has 0 N–H and O–H groups in total. The molecule has 0 aromatic carbocycles. The Bertz CT molecular complexity index is 178. The Morgan fingerprint density at radius 1 is 1.56 bits per heavy atom. The van der Waals surface area contributed by atoms with Gasteiger partial charge >= 0.3 is 29.6 Å². The zero-order valence-electron chi connectivity index (χ0n) is 4.84. The van der Waals surface area contributed by atoms with Crippen LogP contribution in [-0.2, 0) is 0 Å². The molecule has 0 atom stereocenters. The Kier molecular flexibility index (Phi) is 4.14. The monoisotopic (exact) mass is 152 g/mol. The van der Waals surface area contributed by atoms with Crippen molar-refractivity contribution in [3.8, 4) is 5.88 Å². The van der Waals surface area contributed by atoms with Crippen LogP contribution in [0.1, 0.15) is 0 Å². The first-order valence-corrected chi connectivity index (χ1v) is 2.32. The molecule has 0 aliphatic rings. The molecule has 0 fully saturated rings. The summed E-state index contributed by atoms with van der Waals surface area (Å²) in [5.41, 5.74) is 0. The largest absolute Gasteiger partial charge is 1.00 e. The van der Waals surface area contributed by atoms with E-state index < -0.39 is 0 Å². The maximum atomic E-state index is 10.3. The summed E-state index contributed by atoms with van der Waals surface area (Å²) in [6.07, 6.45) is 1.32. The minimum atomic E-state index is -0.356. The predicted octanol–water partition coefficient (Wildman–Crippen LogP) is -2.79. The second kappa shape index (κ2) is 4.06. The predicted molar refractivity (Wildman–Crippen MR) is 26.5 cm³/mol. The Hall–Kier alpha value is 0.170. The number of rotatable bonds is 0. The minimum Gasteiger partial charge on any atom is -0.858 e. The van der Waals surface area contributed by atoms with Crippen molar-refractivity contribution in [2.45, 2.75) is 0 Å². The van der Waals surface area contributed by atoms with E-state index in [2.05, 4.69) is 9.97 Å². The summed E-state index contributed by atoms with van der Waals surface area (Å²) >= 11 is 5.22. The number of nitrogens with zero attached hydrogens (tertiary/aromatic N) is 2. The van der Waals surface area contributed by atoms with Gasteiger partial charge in [0.1, 0.15) is 0 Å². The van der Waals surface area contributed by atoms with Crippen LogP contribution in [0.3, 0.4) is 0 Å². The minimum absolute atomic E-state index is 0. The molecule has 1 rings (SSSR count). The first kappa shape index (κ1) is 9.17. The Morgan fingerprint density at radius 3 is 2.56 bits per heavy atom. The molecule has 0 bridgehead atoms. The molecule has 0 aliphatic carbocycles. The van der Waals surface area contributed by atoms with Crippen LogP contribution in [0, 0.1) is 0 Å². The molecular formula is C4H2ClN2NaO. The number of halogens is 1. The molecule has 1 heterocycles. The molecule has 0 saturated heterocycles.